The van der Waals surface area contributed by atoms with E-state index >= 15 is 0 Å². The molecular weight excluding hydrogens is 270 g/mol. The number of nitrogens with zero attached hydrogens (tertiary/aromatic N) is 3. The lowest BCUT2D eigenvalue weighted by atomic mass is 10.0. The van der Waals surface area contributed by atoms with E-state index in [9.17, 15) is 9.90 Å². The predicted octanol–water partition coefficient (Wildman–Crippen LogP) is 2.27. The lowest BCUT2D eigenvalue weighted by Crippen LogP contribution is -2.31. The summed E-state index contributed by atoms with van der Waals surface area (Å²) in [6.07, 6.45) is 2.35. The van der Waals surface area contributed by atoms with E-state index in [1.54, 1.807) is 36.4 Å². The summed E-state index contributed by atoms with van der Waals surface area (Å²) in [5, 5.41) is 13.8. The van der Waals surface area contributed by atoms with Gasteiger partial charge in [0.2, 0.25) is 0 Å². The van der Waals surface area contributed by atoms with E-state index in [0.29, 0.717) is 29.9 Å². The Kier molecular flexibility index (Phi) is 4.70. The smallest absolute Gasteiger partial charge is 0.259 e. The molecule has 1 atom stereocenters. The standard InChI is InChI=1S/C15H19N3O3/c1-4-18(5-2)15(20)12-13(11-7-6-8-16-9-11)17-21-14(12)10(3)19/h6-10,19H,4-5H2,1-3H3/t10-/m0/s1. The third kappa shape index (κ3) is 2.95. The quantitative estimate of drug-likeness (QED) is 0.913. The van der Waals surface area contributed by atoms with Gasteiger partial charge in [0.25, 0.3) is 5.91 Å². The van der Waals surface area contributed by atoms with E-state index in [2.05, 4.69) is 10.1 Å². The minimum Gasteiger partial charge on any atom is -0.385 e. The van der Waals surface area contributed by atoms with Gasteiger partial charge in [0.1, 0.15) is 17.4 Å². The molecule has 2 rings (SSSR count). The monoisotopic (exact) mass is 289 g/mol. The highest BCUT2D eigenvalue weighted by molar-refractivity contribution is 6.00. The summed E-state index contributed by atoms with van der Waals surface area (Å²) in [5.41, 5.74) is 1.40. The highest BCUT2D eigenvalue weighted by atomic mass is 16.5. The normalized spacial score (nSPS) is 12.2. The van der Waals surface area contributed by atoms with Gasteiger partial charge < -0.3 is 14.5 Å². The molecule has 0 aliphatic rings. The van der Waals surface area contributed by atoms with Gasteiger partial charge >= 0.3 is 0 Å². The van der Waals surface area contributed by atoms with Crippen molar-refractivity contribution in [2.24, 2.45) is 0 Å². The Morgan fingerprint density at radius 1 is 1.43 bits per heavy atom. The predicted molar refractivity (Wildman–Crippen MR) is 77.6 cm³/mol. The van der Waals surface area contributed by atoms with Crippen LogP contribution in [0.4, 0.5) is 0 Å². The molecule has 0 fully saturated rings. The molecule has 6 nitrogen and oxygen atoms in total. The van der Waals surface area contributed by atoms with Crippen molar-refractivity contribution in [2.75, 3.05) is 13.1 Å². The molecule has 1 amide bonds. The van der Waals surface area contributed by atoms with Crippen LogP contribution in [0.3, 0.4) is 0 Å². The second-order valence-electron chi connectivity index (χ2n) is 4.67. The van der Waals surface area contributed by atoms with Gasteiger partial charge in [-0.1, -0.05) is 5.16 Å². The van der Waals surface area contributed by atoms with Crippen LogP contribution in [-0.4, -0.2) is 39.1 Å². The van der Waals surface area contributed by atoms with Crippen molar-refractivity contribution in [2.45, 2.75) is 26.9 Å². The maximum absolute atomic E-state index is 12.7. The van der Waals surface area contributed by atoms with Crippen LogP contribution in [0, 0.1) is 0 Å². The summed E-state index contributed by atoms with van der Waals surface area (Å²) in [6, 6.07) is 3.56. The van der Waals surface area contributed by atoms with E-state index in [1.165, 1.54) is 0 Å². The fourth-order valence-electron chi connectivity index (χ4n) is 2.16. The zero-order valence-corrected chi connectivity index (χ0v) is 12.4. The molecule has 6 heteroatoms. The highest BCUT2D eigenvalue weighted by Gasteiger charge is 2.28. The zero-order valence-electron chi connectivity index (χ0n) is 12.4. The summed E-state index contributed by atoms with van der Waals surface area (Å²) >= 11 is 0. The highest BCUT2D eigenvalue weighted by Crippen LogP contribution is 2.29. The number of hydrogen-bond acceptors (Lipinski definition) is 5. The summed E-state index contributed by atoms with van der Waals surface area (Å²) < 4.78 is 5.20. The van der Waals surface area contributed by atoms with Crippen molar-refractivity contribution < 1.29 is 14.4 Å². The average Bonchev–Trinajstić information content (AvgIpc) is 2.94. The number of carbonyl (C=O) groups excluding carboxylic acids is 1. The van der Waals surface area contributed by atoms with E-state index in [-0.39, 0.29) is 11.7 Å². The molecule has 2 heterocycles. The van der Waals surface area contributed by atoms with Crippen LogP contribution in [0.5, 0.6) is 0 Å². The molecule has 1 N–H and O–H groups in total. The Labute approximate surface area is 123 Å². The molecule has 0 radical (unpaired) electrons. The Hall–Kier alpha value is -2.21. The van der Waals surface area contributed by atoms with Crippen molar-refractivity contribution in [3.63, 3.8) is 0 Å². The number of carbonyl (C=O) groups is 1. The van der Waals surface area contributed by atoms with E-state index < -0.39 is 6.10 Å². The van der Waals surface area contributed by atoms with Crippen molar-refractivity contribution in [3.8, 4) is 11.3 Å². The minimum atomic E-state index is -0.905. The first-order chi connectivity index (χ1) is 10.1. The van der Waals surface area contributed by atoms with E-state index in [4.69, 9.17) is 4.52 Å². The molecule has 0 unspecified atom stereocenters. The minimum absolute atomic E-state index is 0.186. The van der Waals surface area contributed by atoms with Crippen LogP contribution in [0.2, 0.25) is 0 Å². The zero-order chi connectivity index (χ0) is 15.4. The van der Waals surface area contributed by atoms with Crippen LogP contribution in [0.25, 0.3) is 11.3 Å². The number of aliphatic hydroxyl groups excluding tert-OH is 1. The van der Waals surface area contributed by atoms with Crippen LogP contribution < -0.4 is 0 Å². The van der Waals surface area contributed by atoms with Crippen molar-refractivity contribution in [1.82, 2.24) is 15.0 Å². The fourth-order valence-corrected chi connectivity index (χ4v) is 2.16. The Bertz CT molecular complexity index is 604. The lowest BCUT2D eigenvalue weighted by molar-refractivity contribution is 0.0761. The third-order valence-corrected chi connectivity index (χ3v) is 3.30. The molecule has 0 bridgehead atoms. The summed E-state index contributed by atoms with van der Waals surface area (Å²) in [6.45, 7) is 6.51. The number of amides is 1. The van der Waals surface area contributed by atoms with Crippen LogP contribution >= 0.6 is 0 Å². The second-order valence-corrected chi connectivity index (χ2v) is 4.67. The van der Waals surface area contributed by atoms with Crippen LogP contribution in [0.1, 0.15) is 43.0 Å². The van der Waals surface area contributed by atoms with Gasteiger partial charge in [0.15, 0.2) is 5.76 Å². The largest absolute Gasteiger partial charge is 0.385 e. The first kappa shape index (κ1) is 15.2. The third-order valence-electron chi connectivity index (χ3n) is 3.30. The summed E-state index contributed by atoms with van der Waals surface area (Å²) in [7, 11) is 0. The van der Waals surface area contributed by atoms with Gasteiger partial charge in [0.05, 0.1) is 0 Å². The molecule has 0 saturated carbocycles. The molecule has 0 aromatic carbocycles. The van der Waals surface area contributed by atoms with Gasteiger partial charge in [-0.2, -0.15) is 0 Å². The van der Waals surface area contributed by atoms with Gasteiger partial charge in [-0.3, -0.25) is 9.78 Å². The van der Waals surface area contributed by atoms with Crippen LogP contribution in [-0.2, 0) is 0 Å². The number of hydrogen-bond donors (Lipinski definition) is 1. The van der Waals surface area contributed by atoms with Gasteiger partial charge in [-0.15, -0.1) is 0 Å². The van der Waals surface area contributed by atoms with Gasteiger partial charge in [0, 0.05) is 31.0 Å². The first-order valence-corrected chi connectivity index (χ1v) is 6.97. The SMILES string of the molecule is CCN(CC)C(=O)c1c(-c2cccnc2)noc1[C@H](C)O. The average molecular weight is 289 g/mol. The number of pyridine rings is 1. The molecule has 2 aromatic rings. The molecule has 21 heavy (non-hydrogen) atoms. The van der Waals surface area contributed by atoms with E-state index in [0.717, 1.165) is 0 Å². The first-order valence-electron chi connectivity index (χ1n) is 6.97. The molecular formula is C15H19N3O3. The Balaban J connectivity index is 2.56. The lowest BCUT2D eigenvalue weighted by Gasteiger charge is -2.19. The Morgan fingerprint density at radius 2 is 2.14 bits per heavy atom. The molecule has 0 aliphatic carbocycles. The fraction of sp³-hybridized carbons (Fsp3) is 0.400. The summed E-state index contributed by atoms with van der Waals surface area (Å²) in [4.78, 5) is 18.4. The summed E-state index contributed by atoms with van der Waals surface area (Å²) in [5.74, 6) is -0.0123. The maximum atomic E-state index is 12.7. The van der Waals surface area contributed by atoms with Gasteiger partial charge in [-0.25, -0.2) is 0 Å². The topological polar surface area (TPSA) is 79.5 Å². The Morgan fingerprint density at radius 3 is 2.67 bits per heavy atom. The number of aliphatic hydroxyl groups is 1. The van der Waals surface area contributed by atoms with Gasteiger partial charge in [-0.05, 0) is 32.9 Å². The second kappa shape index (κ2) is 6.49. The molecule has 2 aromatic heterocycles. The maximum Gasteiger partial charge on any atom is 0.259 e. The van der Waals surface area contributed by atoms with E-state index in [1.807, 2.05) is 13.8 Å². The molecule has 0 saturated heterocycles. The number of rotatable bonds is 5. The molecule has 0 spiro atoms. The van der Waals surface area contributed by atoms with Crippen molar-refractivity contribution >= 4 is 5.91 Å². The van der Waals surface area contributed by atoms with Crippen molar-refractivity contribution in [3.05, 3.63) is 35.9 Å². The van der Waals surface area contributed by atoms with Crippen molar-refractivity contribution in [1.29, 1.82) is 0 Å². The molecule has 0 aliphatic heterocycles. The molecule has 112 valence electrons. The van der Waals surface area contributed by atoms with Crippen LogP contribution in [0.15, 0.2) is 29.0 Å². The number of aromatic nitrogens is 2.